The number of hydrogen-bond donors (Lipinski definition) is 2. The maximum Gasteiger partial charge on any atom is 0.326 e. The molecule has 1 heterocycles. The Hall–Kier alpha value is -2.90. The molecule has 4 amide bonds. The molecule has 2 rings (SSSR count). The molecule has 1 aromatic carbocycles. The number of carbonyl (C=O) groups is 4. The lowest BCUT2D eigenvalue weighted by Crippen LogP contribution is -2.43. The first-order valence-corrected chi connectivity index (χ1v) is 8.75. The van der Waals surface area contributed by atoms with Gasteiger partial charge >= 0.3 is 12.0 Å². The van der Waals surface area contributed by atoms with Gasteiger partial charge in [0.2, 0.25) is 0 Å². The van der Waals surface area contributed by atoms with E-state index in [2.05, 4.69) is 10.6 Å². The number of ether oxygens (including phenoxy) is 1. The molecule has 1 aromatic rings. The molecule has 0 bridgehead atoms. The van der Waals surface area contributed by atoms with Gasteiger partial charge in [0.25, 0.3) is 11.8 Å². The SMILES string of the molecule is CC[C@]1(C)NC(=O)N(CC(=O)OCC(=O)Nc2c(C)cc(C)cc2C)C1=O. The van der Waals surface area contributed by atoms with Crippen LogP contribution < -0.4 is 10.6 Å². The first kappa shape index (κ1) is 20.4. The molecule has 1 fully saturated rings. The fraction of sp³-hybridized carbons (Fsp3) is 0.474. The minimum Gasteiger partial charge on any atom is -0.454 e. The predicted molar refractivity (Wildman–Crippen MR) is 99.2 cm³/mol. The molecule has 0 spiro atoms. The van der Waals surface area contributed by atoms with Gasteiger partial charge in [-0.05, 0) is 45.2 Å². The quantitative estimate of drug-likeness (QED) is 0.583. The highest BCUT2D eigenvalue weighted by Crippen LogP contribution is 2.22. The van der Waals surface area contributed by atoms with Crippen molar-refractivity contribution in [2.75, 3.05) is 18.5 Å². The number of amides is 4. The van der Waals surface area contributed by atoms with Gasteiger partial charge in [0.05, 0.1) is 0 Å². The molecule has 146 valence electrons. The van der Waals surface area contributed by atoms with Gasteiger partial charge in [0.1, 0.15) is 12.1 Å². The molecule has 27 heavy (non-hydrogen) atoms. The molecule has 0 aromatic heterocycles. The van der Waals surface area contributed by atoms with Crippen LogP contribution in [0.5, 0.6) is 0 Å². The fourth-order valence-electron chi connectivity index (χ4n) is 3.00. The number of hydrogen-bond acceptors (Lipinski definition) is 5. The number of benzene rings is 1. The van der Waals surface area contributed by atoms with Crippen LogP contribution in [0.2, 0.25) is 0 Å². The maximum absolute atomic E-state index is 12.2. The molecule has 0 radical (unpaired) electrons. The van der Waals surface area contributed by atoms with E-state index in [1.165, 1.54) is 0 Å². The Labute approximate surface area is 158 Å². The first-order chi connectivity index (χ1) is 12.6. The maximum atomic E-state index is 12.2. The van der Waals surface area contributed by atoms with Crippen LogP contribution in [-0.4, -0.2) is 47.4 Å². The number of nitrogens with one attached hydrogen (secondary N) is 2. The summed E-state index contributed by atoms with van der Waals surface area (Å²) in [6.07, 6.45) is 0.404. The zero-order valence-electron chi connectivity index (χ0n) is 16.3. The van der Waals surface area contributed by atoms with E-state index >= 15 is 0 Å². The number of aryl methyl sites for hydroxylation is 3. The van der Waals surface area contributed by atoms with Crippen LogP contribution >= 0.6 is 0 Å². The van der Waals surface area contributed by atoms with Crippen molar-refractivity contribution in [1.82, 2.24) is 10.2 Å². The summed E-state index contributed by atoms with van der Waals surface area (Å²) in [5.74, 6) is -1.80. The van der Waals surface area contributed by atoms with Crippen LogP contribution in [0.4, 0.5) is 10.5 Å². The topological polar surface area (TPSA) is 105 Å². The summed E-state index contributed by atoms with van der Waals surface area (Å²) in [7, 11) is 0. The zero-order chi connectivity index (χ0) is 20.4. The Morgan fingerprint density at radius 1 is 1.19 bits per heavy atom. The van der Waals surface area contributed by atoms with Crippen molar-refractivity contribution < 1.29 is 23.9 Å². The van der Waals surface area contributed by atoms with Crippen molar-refractivity contribution >= 4 is 29.5 Å². The van der Waals surface area contributed by atoms with Gasteiger partial charge in [0.15, 0.2) is 6.61 Å². The molecule has 1 atom stereocenters. The predicted octanol–water partition coefficient (Wildman–Crippen LogP) is 1.81. The van der Waals surface area contributed by atoms with Crippen molar-refractivity contribution in [3.63, 3.8) is 0 Å². The fourth-order valence-corrected chi connectivity index (χ4v) is 3.00. The van der Waals surface area contributed by atoms with Crippen LogP contribution in [0, 0.1) is 20.8 Å². The van der Waals surface area contributed by atoms with Gasteiger partial charge in [-0.15, -0.1) is 0 Å². The van der Waals surface area contributed by atoms with Crippen LogP contribution in [0.1, 0.15) is 37.0 Å². The van der Waals surface area contributed by atoms with Crippen molar-refractivity contribution in [3.8, 4) is 0 Å². The second-order valence-electron chi connectivity index (χ2n) is 6.99. The third-order valence-corrected chi connectivity index (χ3v) is 4.65. The van der Waals surface area contributed by atoms with E-state index in [-0.39, 0.29) is 0 Å². The normalized spacial score (nSPS) is 19.1. The van der Waals surface area contributed by atoms with Crippen molar-refractivity contribution in [2.24, 2.45) is 0 Å². The van der Waals surface area contributed by atoms with Crippen LogP contribution in [0.25, 0.3) is 0 Å². The van der Waals surface area contributed by atoms with E-state index in [0.29, 0.717) is 12.1 Å². The summed E-state index contributed by atoms with van der Waals surface area (Å²) in [4.78, 5) is 49.0. The lowest BCUT2D eigenvalue weighted by atomic mass is 9.99. The lowest BCUT2D eigenvalue weighted by Gasteiger charge is -2.18. The number of urea groups is 1. The average Bonchev–Trinajstić information content (AvgIpc) is 2.80. The molecule has 2 N–H and O–H groups in total. The summed E-state index contributed by atoms with van der Waals surface area (Å²) in [5.41, 5.74) is 2.56. The van der Waals surface area contributed by atoms with E-state index in [0.717, 1.165) is 21.6 Å². The lowest BCUT2D eigenvalue weighted by molar-refractivity contribution is -0.150. The molecule has 1 saturated heterocycles. The third-order valence-electron chi connectivity index (χ3n) is 4.65. The van der Waals surface area contributed by atoms with Gasteiger partial charge in [-0.3, -0.25) is 19.3 Å². The second kappa shape index (κ2) is 7.77. The molecular formula is C19H25N3O5. The van der Waals surface area contributed by atoms with Gasteiger partial charge in [0, 0.05) is 5.69 Å². The summed E-state index contributed by atoms with van der Waals surface area (Å²) in [6, 6.07) is 3.24. The summed E-state index contributed by atoms with van der Waals surface area (Å²) < 4.78 is 4.92. The van der Waals surface area contributed by atoms with Gasteiger partial charge < -0.3 is 15.4 Å². The van der Waals surface area contributed by atoms with Crippen molar-refractivity contribution in [2.45, 2.75) is 46.6 Å². The zero-order valence-corrected chi connectivity index (χ0v) is 16.3. The molecule has 0 saturated carbocycles. The number of rotatable bonds is 6. The molecule has 0 unspecified atom stereocenters. The number of nitrogens with zero attached hydrogens (tertiary/aromatic N) is 1. The molecule has 1 aliphatic rings. The highest BCUT2D eigenvalue weighted by Gasteiger charge is 2.47. The van der Waals surface area contributed by atoms with Crippen LogP contribution in [0.3, 0.4) is 0 Å². The minimum absolute atomic E-state index is 0.404. The smallest absolute Gasteiger partial charge is 0.326 e. The summed E-state index contributed by atoms with van der Waals surface area (Å²) in [6.45, 7) is 8.05. The Morgan fingerprint density at radius 2 is 1.78 bits per heavy atom. The summed E-state index contributed by atoms with van der Waals surface area (Å²) in [5, 5.41) is 5.27. The highest BCUT2D eigenvalue weighted by molar-refractivity contribution is 6.08. The molecule has 8 heteroatoms. The molecule has 1 aliphatic heterocycles. The highest BCUT2D eigenvalue weighted by atomic mass is 16.5. The average molecular weight is 375 g/mol. The Bertz CT molecular complexity index is 782. The molecule has 8 nitrogen and oxygen atoms in total. The van der Waals surface area contributed by atoms with E-state index < -0.39 is 42.5 Å². The van der Waals surface area contributed by atoms with Crippen LogP contribution in [0.15, 0.2) is 12.1 Å². The molecular weight excluding hydrogens is 350 g/mol. The largest absolute Gasteiger partial charge is 0.454 e. The van der Waals surface area contributed by atoms with Crippen molar-refractivity contribution in [3.05, 3.63) is 28.8 Å². The number of imide groups is 1. The molecule has 0 aliphatic carbocycles. The monoisotopic (exact) mass is 375 g/mol. The van der Waals surface area contributed by atoms with E-state index in [1.807, 2.05) is 32.9 Å². The third kappa shape index (κ3) is 4.45. The van der Waals surface area contributed by atoms with E-state index in [9.17, 15) is 19.2 Å². The Kier molecular flexibility index (Phi) is 5.88. The summed E-state index contributed by atoms with van der Waals surface area (Å²) >= 11 is 0. The van der Waals surface area contributed by atoms with E-state index in [4.69, 9.17) is 4.74 Å². The number of esters is 1. The van der Waals surface area contributed by atoms with Gasteiger partial charge in [-0.1, -0.05) is 24.6 Å². The Balaban J connectivity index is 1.90. The minimum atomic E-state index is -1.02. The standard InChI is InChI=1S/C19H25N3O5/c1-6-19(5)17(25)22(18(26)21-19)9-15(24)27-10-14(23)20-16-12(3)7-11(2)8-13(16)4/h7-8H,6,9-10H2,1-5H3,(H,20,23)(H,21,26)/t19-/m0/s1. The van der Waals surface area contributed by atoms with E-state index in [1.54, 1.807) is 13.8 Å². The number of carbonyl (C=O) groups excluding carboxylic acids is 4. The van der Waals surface area contributed by atoms with Gasteiger partial charge in [-0.2, -0.15) is 0 Å². The Morgan fingerprint density at radius 3 is 2.30 bits per heavy atom. The van der Waals surface area contributed by atoms with Crippen molar-refractivity contribution in [1.29, 1.82) is 0 Å². The first-order valence-electron chi connectivity index (χ1n) is 8.75. The second-order valence-corrected chi connectivity index (χ2v) is 6.99. The number of anilines is 1. The van der Waals surface area contributed by atoms with Gasteiger partial charge in [-0.25, -0.2) is 4.79 Å². The van der Waals surface area contributed by atoms with Crippen LogP contribution in [-0.2, 0) is 19.1 Å².